The van der Waals surface area contributed by atoms with Crippen LogP contribution in [0.4, 0.5) is 0 Å². The quantitative estimate of drug-likeness (QED) is 0.369. The average molecular weight is 622 g/mol. The molecule has 10 nitrogen and oxygen atoms in total. The standard InChI is InChI=1S/C35H47N3O7/c1-33(2,3)22-34(4,5)38-19-11-7-10-15-26(40)36-21-25(23-13-8-6-9-14-23)44-32(43)27-24-16-17-35(45-24)28(27)30(41)37(18-12-20-39)29(35)31(38)42/h6-9,11,13-14,16-17,24-25,27-29,39H,10,12,15,18-22H2,1-5H3,(H,36,40)/b11-7-/t24-,25-,27+,28+,29-,35+/m0/s1. The van der Waals surface area contributed by atoms with E-state index in [1.54, 1.807) is 17.1 Å². The van der Waals surface area contributed by atoms with Crippen molar-refractivity contribution in [3.05, 3.63) is 60.2 Å². The molecule has 2 saturated heterocycles. The van der Waals surface area contributed by atoms with Crippen molar-refractivity contribution in [2.75, 3.05) is 26.2 Å². The fourth-order valence-electron chi connectivity index (χ4n) is 7.80. The summed E-state index contributed by atoms with van der Waals surface area (Å²) in [5.74, 6) is -3.35. The van der Waals surface area contributed by atoms with Crippen molar-refractivity contribution in [1.29, 1.82) is 0 Å². The first-order valence-electron chi connectivity index (χ1n) is 16.1. The smallest absolute Gasteiger partial charge is 0.313 e. The molecule has 10 heteroatoms. The van der Waals surface area contributed by atoms with Crippen LogP contribution in [0.5, 0.6) is 0 Å². The minimum absolute atomic E-state index is 0.0780. The van der Waals surface area contributed by atoms with Gasteiger partial charge in [-0.25, -0.2) is 0 Å². The van der Waals surface area contributed by atoms with E-state index in [2.05, 4.69) is 26.1 Å². The van der Waals surface area contributed by atoms with E-state index in [4.69, 9.17) is 9.47 Å². The number of amides is 3. The highest BCUT2D eigenvalue weighted by molar-refractivity contribution is 5.99. The molecule has 0 aliphatic carbocycles. The van der Waals surface area contributed by atoms with Gasteiger partial charge in [-0.1, -0.05) is 75.4 Å². The second-order valence-electron chi connectivity index (χ2n) is 14.5. The maximum atomic E-state index is 14.9. The Kier molecular flexibility index (Phi) is 9.29. The molecule has 4 aliphatic rings. The third-order valence-corrected chi connectivity index (χ3v) is 9.30. The van der Waals surface area contributed by atoms with Crippen molar-refractivity contribution in [2.24, 2.45) is 17.3 Å². The van der Waals surface area contributed by atoms with Crippen LogP contribution >= 0.6 is 0 Å². The Labute approximate surface area is 265 Å². The second kappa shape index (κ2) is 12.7. The van der Waals surface area contributed by atoms with Crippen LogP contribution in [0.2, 0.25) is 0 Å². The first kappa shape index (κ1) is 32.9. The van der Waals surface area contributed by atoms with Gasteiger partial charge in [-0.15, -0.1) is 0 Å². The zero-order valence-electron chi connectivity index (χ0n) is 27.0. The molecule has 6 atom stereocenters. The summed E-state index contributed by atoms with van der Waals surface area (Å²) < 4.78 is 12.6. The topological polar surface area (TPSA) is 125 Å². The number of carbonyl (C=O) groups excluding carboxylic acids is 4. The van der Waals surface area contributed by atoms with Crippen LogP contribution in [0.15, 0.2) is 54.6 Å². The number of ether oxygens (including phenoxy) is 2. The maximum Gasteiger partial charge on any atom is 0.313 e. The molecule has 0 unspecified atom stereocenters. The number of carbonyl (C=O) groups is 4. The number of benzene rings is 1. The Morgan fingerprint density at radius 2 is 1.76 bits per heavy atom. The van der Waals surface area contributed by atoms with Gasteiger partial charge in [0, 0.05) is 31.7 Å². The van der Waals surface area contributed by atoms with Crippen molar-refractivity contribution in [2.45, 2.75) is 89.7 Å². The van der Waals surface area contributed by atoms with Crippen molar-refractivity contribution in [1.82, 2.24) is 15.1 Å². The number of nitrogens with one attached hydrogen (secondary N) is 1. The van der Waals surface area contributed by atoms with E-state index in [1.807, 2.05) is 56.3 Å². The lowest BCUT2D eigenvalue weighted by molar-refractivity contribution is -0.160. The van der Waals surface area contributed by atoms with Crippen LogP contribution in [-0.4, -0.2) is 88.1 Å². The number of cyclic esters (lactones) is 1. The summed E-state index contributed by atoms with van der Waals surface area (Å²) in [5.41, 5.74) is -1.34. The molecule has 0 saturated carbocycles. The SMILES string of the molecule is CC(C)(C)CC(C)(C)N1C/C=C\CCC(=O)NC[C@@H](c2ccccc2)OC(=O)[C@@H]2[C@@H]3C=C[C@]4(O3)[C@H](C1=O)N(CCCO)C(=O)[C@@H]24. The Bertz CT molecular complexity index is 1350. The molecule has 45 heavy (non-hydrogen) atoms. The van der Waals surface area contributed by atoms with Gasteiger partial charge in [-0.05, 0) is 44.1 Å². The highest BCUT2D eigenvalue weighted by atomic mass is 16.6. The summed E-state index contributed by atoms with van der Waals surface area (Å²) in [5, 5.41) is 12.6. The van der Waals surface area contributed by atoms with Crippen molar-refractivity contribution in [3.8, 4) is 0 Å². The highest BCUT2D eigenvalue weighted by Crippen LogP contribution is 2.56. The normalized spacial score (nSPS) is 31.6. The number of likely N-dealkylation sites (tertiary alicyclic amines) is 1. The van der Waals surface area contributed by atoms with Gasteiger partial charge in [0.15, 0.2) is 0 Å². The lowest BCUT2D eigenvalue weighted by Gasteiger charge is -2.45. The average Bonchev–Trinajstić information content (AvgIpc) is 3.61. The van der Waals surface area contributed by atoms with Crippen molar-refractivity contribution in [3.63, 3.8) is 0 Å². The van der Waals surface area contributed by atoms with Gasteiger partial charge in [-0.2, -0.15) is 0 Å². The molecule has 4 aliphatic heterocycles. The van der Waals surface area contributed by atoms with Crippen molar-refractivity contribution >= 4 is 23.7 Å². The fourth-order valence-corrected chi connectivity index (χ4v) is 7.80. The Morgan fingerprint density at radius 1 is 1.02 bits per heavy atom. The van der Waals surface area contributed by atoms with E-state index in [-0.39, 0.29) is 62.2 Å². The molecular formula is C35H47N3O7. The number of hydrogen-bond donors (Lipinski definition) is 2. The minimum Gasteiger partial charge on any atom is -0.455 e. The highest BCUT2D eigenvalue weighted by Gasteiger charge is 2.73. The predicted molar refractivity (Wildman–Crippen MR) is 167 cm³/mol. The number of aliphatic hydroxyl groups excluding tert-OH is 1. The van der Waals surface area contributed by atoms with Crippen LogP contribution in [-0.2, 0) is 28.7 Å². The molecule has 5 rings (SSSR count). The molecule has 5 bridgehead atoms. The van der Waals surface area contributed by atoms with E-state index in [9.17, 15) is 24.3 Å². The summed E-state index contributed by atoms with van der Waals surface area (Å²) in [6.07, 6.45) is 7.53. The molecule has 0 radical (unpaired) electrons. The third kappa shape index (κ3) is 6.45. The van der Waals surface area contributed by atoms with Gasteiger partial charge in [0.2, 0.25) is 17.7 Å². The third-order valence-electron chi connectivity index (χ3n) is 9.30. The molecule has 4 heterocycles. The van der Waals surface area contributed by atoms with Crippen LogP contribution in [0.25, 0.3) is 0 Å². The summed E-state index contributed by atoms with van der Waals surface area (Å²) in [6.45, 7) is 10.8. The largest absolute Gasteiger partial charge is 0.455 e. The molecule has 1 aromatic rings. The van der Waals surface area contributed by atoms with Gasteiger partial charge < -0.3 is 29.7 Å². The zero-order valence-corrected chi connectivity index (χ0v) is 27.0. The summed E-state index contributed by atoms with van der Waals surface area (Å²) >= 11 is 0. The van der Waals surface area contributed by atoms with Crippen molar-refractivity contribution < 1.29 is 33.8 Å². The van der Waals surface area contributed by atoms with Gasteiger partial charge in [-0.3, -0.25) is 19.2 Å². The molecule has 1 aromatic carbocycles. The van der Waals surface area contributed by atoms with Gasteiger partial charge in [0.05, 0.1) is 18.6 Å². The van der Waals surface area contributed by atoms with E-state index >= 15 is 0 Å². The Hall–Kier alpha value is -3.50. The van der Waals surface area contributed by atoms with Crippen LogP contribution in [0, 0.1) is 17.3 Å². The second-order valence-corrected chi connectivity index (χ2v) is 14.5. The molecule has 2 fully saturated rings. The number of allylic oxidation sites excluding steroid dienone is 1. The van der Waals surface area contributed by atoms with Gasteiger partial charge in [0.25, 0.3) is 0 Å². The zero-order chi connectivity index (χ0) is 32.6. The number of rotatable bonds is 6. The number of fused-ring (bicyclic) bond motifs is 2. The lowest BCUT2D eigenvalue weighted by Crippen LogP contribution is -2.60. The number of hydrogen-bond acceptors (Lipinski definition) is 7. The lowest BCUT2D eigenvalue weighted by atomic mass is 9.74. The summed E-state index contributed by atoms with van der Waals surface area (Å²) in [6, 6.07) is 8.16. The van der Waals surface area contributed by atoms with Gasteiger partial charge >= 0.3 is 5.97 Å². The molecule has 0 aromatic heterocycles. The molecule has 1 spiro atoms. The molecule has 244 valence electrons. The van der Waals surface area contributed by atoms with E-state index < -0.39 is 47.2 Å². The van der Waals surface area contributed by atoms with Gasteiger partial charge in [0.1, 0.15) is 23.7 Å². The maximum absolute atomic E-state index is 14.9. The monoisotopic (exact) mass is 621 g/mol. The number of aliphatic hydroxyl groups is 1. The first-order valence-corrected chi connectivity index (χ1v) is 16.1. The number of esters is 1. The predicted octanol–water partition coefficient (Wildman–Crippen LogP) is 3.31. The molecular weight excluding hydrogens is 574 g/mol. The molecule has 2 N–H and O–H groups in total. The van der Waals surface area contributed by atoms with E-state index in [1.165, 1.54) is 4.90 Å². The number of nitrogens with zero attached hydrogens (tertiary/aromatic N) is 2. The molecule has 3 amide bonds. The first-order chi connectivity index (χ1) is 21.3. The summed E-state index contributed by atoms with van der Waals surface area (Å²) in [4.78, 5) is 59.3. The van der Waals surface area contributed by atoms with Crippen LogP contribution < -0.4 is 5.32 Å². The Balaban J connectivity index is 1.58. The van der Waals surface area contributed by atoms with E-state index in [0.29, 0.717) is 18.4 Å². The van der Waals surface area contributed by atoms with Crippen LogP contribution in [0.1, 0.15) is 72.0 Å². The fraction of sp³-hybridized carbons (Fsp3) is 0.600. The van der Waals surface area contributed by atoms with Crippen LogP contribution in [0.3, 0.4) is 0 Å². The summed E-state index contributed by atoms with van der Waals surface area (Å²) in [7, 11) is 0. The Morgan fingerprint density at radius 3 is 2.44 bits per heavy atom. The minimum atomic E-state index is -1.35. The van der Waals surface area contributed by atoms with E-state index in [0.717, 1.165) is 0 Å².